The fourth-order valence-electron chi connectivity index (χ4n) is 3.84. The van der Waals surface area contributed by atoms with Crippen LogP contribution in [-0.2, 0) is 17.4 Å². The van der Waals surface area contributed by atoms with E-state index in [1.807, 2.05) is 0 Å². The maximum atomic E-state index is 12.6. The van der Waals surface area contributed by atoms with E-state index in [9.17, 15) is 22.8 Å². The van der Waals surface area contributed by atoms with Crippen molar-refractivity contribution in [2.45, 2.75) is 25.4 Å². The summed E-state index contributed by atoms with van der Waals surface area (Å²) in [5, 5.41) is 8.84. The first-order chi connectivity index (χ1) is 18.2. The molecule has 1 aromatic heterocycles. The normalized spacial score (nSPS) is 14.1. The number of hydrogen-bond donors (Lipinski definition) is 1. The minimum atomic E-state index is -4.47. The summed E-state index contributed by atoms with van der Waals surface area (Å²) in [6, 6.07) is 15.1. The van der Waals surface area contributed by atoms with E-state index in [0.29, 0.717) is 48.7 Å². The van der Waals surface area contributed by atoms with Gasteiger partial charge in [0.05, 0.1) is 18.6 Å². The van der Waals surface area contributed by atoms with Gasteiger partial charge < -0.3 is 24.2 Å². The third kappa shape index (κ3) is 7.61. The summed E-state index contributed by atoms with van der Waals surface area (Å²) in [4.78, 5) is 28.6. The molecule has 200 valence electrons. The van der Waals surface area contributed by atoms with Crippen molar-refractivity contribution in [2.75, 3.05) is 19.7 Å². The molecule has 0 unspecified atom stereocenters. The van der Waals surface area contributed by atoms with E-state index in [0.717, 1.165) is 25.0 Å². The van der Waals surface area contributed by atoms with E-state index in [1.54, 1.807) is 29.2 Å². The lowest BCUT2D eigenvalue weighted by molar-refractivity contribution is -0.138. The highest BCUT2D eigenvalue weighted by Crippen LogP contribution is 2.30. The van der Waals surface area contributed by atoms with Crippen molar-refractivity contribution in [2.24, 2.45) is 5.92 Å². The van der Waals surface area contributed by atoms with E-state index in [-0.39, 0.29) is 18.2 Å². The molecule has 1 aliphatic rings. The average Bonchev–Trinajstić information content (AvgIpc) is 2.89. The number of carboxylic acid groups (broad SMARTS) is 1. The highest BCUT2D eigenvalue weighted by atomic mass is 19.4. The molecule has 1 saturated heterocycles. The summed E-state index contributed by atoms with van der Waals surface area (Å²) >= 11 is 0. The van der Waals surface area contributed by atoms with E-state index in [1.165, 1.54) is 24.3 Å². The SMILES string of the molecule is O=C(O)Cc1ccc(OCC2CCN(C(=O)Oc3ccc(Oc4ccc(C(F)(F)F)cn4)cc3)CC2)cc1. The molecule has 1 N–H and O–H groups in total. The van der Waals surface area contributed by atoms with Gasteiger partial charge in [0.1, 0.15) is 17.2 Å². The van der Waals surface area contributed by atoms with Crippen LogP contribution in [0.5, 0.6) is 23.1 Å². The number of carbonyl (C=O) groups excluding carboxylic acids is 1. The second-order valence-electron chi connectivity index (χ2n) is 8.78. The molecular formula is C27H25F3N2O6. The van der Waals surface area contributed by atoms with Gasteiger partial charge in [0.25, 0.3) is 0 Å². The van der Waals surface area contributed by atoms with Gasteiger partial charge in [0, 0.05) is 25.4 Å². The Hall–Kier alpha value is -4.28. The summed E-state index contributed by atoms with van der Waals surface area (Å²) in [5.41, 5.74) is -0.164. The highest BCUT2D eigenvalue weighted by Gasteiger charge is 2.30. The molecule has 0 spiro atoms. The Labute approximate surface area is 216 Å². The highest BCUT2D eigenvalue weighted by molar-refractivity contribution is 5.71. The lowest BCUT2D eigenvalue weighted by Crippen LogP contribution is -2.41. The summed E-state index contributed by atoms with van der Waals surface area (Å²) in [6.45, 7) is 1.53. The number of carboxylic acids is 1. The Morgan fingerprint density at radius 1 is 0.921 bits per heavy atom. The van der Waals surface area contributed by atoms with Crippen LogP contribution < -0.4 is 14.2 Å². The van der Waals surface area contributed by atoms with Crippen molar-refractivity contribution in [3.63, 3.8) is 0 Å². The van der Waals surface area contributed by atoms with Gasteiger partial charge in [-0.15, -0.1) is 0 Å². The third-order valence-electron chi connectivity index (χ3n) is 5.95. The van der Waals surface area contributed by atoms with Crippen molar-refractivity contribution >= 4 is 12.1 Å². The Kier molecular flexibility index (Phi) is 8.35. The smallest absolute Gasteiger partial charge is 0.417 e. The van der Waals surface area contributed by atoms with Crippen LogP contribution in [0.1, 0.15) is 24.0 Å². The zero-order chi connectivity index (χ0) is 27.1. The predicted molar refractivity (Wildman–Crippen MR) is 129 cm³/mol. The van der Waals surface area contributed by atoms with Crippen LogP contribution in [0.15, 0.2) is 66.9 Å². The molecule has 4 rings (SSSR count). The van der Waals surface area contributed by atoms with Crippen LogP contribution in [-0.4, -0.2) is 46.7 Å². The molecule has 1 fully saturated rings. The van der Waals surface area contributed by atoms with Gasteiger partial charge in [-0.2, -0.15) is 13.2 Å². The maximum absolute atomic E-state index is 12.6. The van der Waals surface area contributed by atoms with Crippen molar-refractivity contribution in [1.29, 1.82) is 0 Å². The Morgan fingerprint density at radius 3 is 2.13 bits per heavy atom. The van der Waals surface area contributed by atoms with Gasteiger partial charge in [-0.05, 0) is 66.8 Å². The molecule has 0 saturated carbocycles. The molecule has 2 heterocycles. The minimum absolute atomic E-state index is 0.00444. The predicted octanol–water partition coefficient (Wildman–Crippen LogP) is 5.81. The summed E-state index contributed by atoms with van der Waals surface area (Å²) in [7, 11) is 0. The van der Waals surface area contributed by atoms with Crippen molar-refractivity contribution in [1.82, 2.24) is 9.88 Å². The lowest BCUT2D eigenvalue weighted by atomic mass is 9.98. The number of nitrogens with zero attached hydrogens (tertiary/aromatic N) is 2. The first kappa shape index (κ1) is 26.8. The Morgan fingerprint density at radius 2 is 1.55 bits per heavy atom. The van der Waals surface area contributed by atoms with Crippen LogP contribution in [0.25, 0.3) is 0 Å². The van der Waals surface area contributed by atoms with Gasteiger partial charge in [0.2, 0.25) is 5.88 Å². The number of hydrogen-bond acceptors (Lipinski definition) is 6. The maximum Gasteiger partial charge on any atom is 0.417 e. The number of piperidine rings is 1. The second kappa shape index (κ2) is 11.8. The number of carbonyl (C=O) groups is 2. The zero-order valence-electron chi connectivity index (χ0n) is 20.2. The fraction of sp³-hybridized carbons (Fsp3) is 0.296. The van der Waals surface area contributed by atoms with Gasteiger partial charge in [-0.3, -0.25) is 4.79 Å². The number of aromatic nitrogens is 1. The summed E-state index contributed by atoms with van der Waals surface area (Å²) in [6.07, 6.45) is -2.79. The van der Waals surface area contributed by atoms with Crippen molar-refractivity contribution < 1.29 is 42.1 Å². The topological polar surface area (TPSA) is 98.2 Å². The van der Waals surface area contributed by atoms with Crippen LogP contribution in [0, 0.1) is 5.92 Å². The Balaban J connectivity index is 1.19. The molecule has 3 aromatic rings. The fourth-order valence-corrected chi connectivity index (χ4v) is 3.84. The molecule has 38 heavy (non-hydrogen) atoms. The molecule has 0 bridgehead atoms. The number of benzene rings is 2. The van der Waals surface area contributed by atoms with Crippen LogP contribution in [0.4, 0.5) is 18.0 Å². The van der Waals surface area contributed by atoms with Gasteiger partial charge in [0.15, 0.2) is 0 Å². The van der Waals surface area contributed by atoms with Crippen molar-refractivity contribution in [3.8, 4) is 23.1 Å². The van der Waals surface area contributed by atoms with E-state index >= 15 is 0 Å². The molecule has 0 aliphatic carbocycles. The number of rotatable bonds is 8. The van der Waals surface area contributed by atoms with E-state index in [2.05, 4.69) is 4.98 Å². The Bertz CT molecular complexity index is 1220. The second-order valence-corrected chi connectivity index (χ2v) is 8.78. The van der Waals surface area contributed by atoms with Crippen LogP contribution in [0.2, 0.25) is 0 Å². The third-order valence-corrected chi connectivity index (χ3v) is 5.95. The number of amides is 1. The first-order valence-electron chi connectivity index (χ1n) is 11.9. The molecule has 2 aromatic carbocycles. The van der Waals surface area contributed by atoms with Gasteiger partial charge in [-0.25, -0.2) is 9.78 Å². The number of likely N-dealkylation sites (tertiary alicyclic amines) is 1. The van der Waals surface area contributed by atoms with E-state index < -0.39 is 23.8 Å². The number of aliphatic carboxylic acids is 1. The number of halogens is 3. The molecule has 0 radical (unpaired) electrons. The largest absolute Gasteiger partial charge is 0.493 e. The van der Waals surface area contributed by atoms with E-state index in [4.69, 9.17) is 19.3 Å². The molecule has 11 heteroatoms. The standard InChI is InChI=1S/C27H25F3N2O6/c28-27(29,30)20-3-10-24(31-16-20)37-22-6-8-23(9-7-22)38-26(35)32-13-11-19(12-14-32)17-36-21-4-1-18(2-5-21)15-25(33)34/h1-10,16,19H,11-15,17H2,(H,33,34). The number of pyridine rings is 1. The van der Waals surface area contributed by atoms with Gasteiger partial charge >= 0.3 is 18.2 Å². The van der Waals surface area contributed by atoms with Crippen molar-refractivity contribution in [3.05, 3.63) is 78.0 Å². The molecule has 0 atom stereocenters. The quantitative estimate of drug-likeness (QED) is 0.393. The minimum Gasteiger partial charge on any atom is -0.493 e. The average molecular weight is 530 g/mol. The van der Waals surface area contributed by atoms with Crippen LogP contribution >= 0.6 is 0 Å². The molecule has 1 aliphatic heterocycles. The van der Waals surface area contributed by atoms with Gasteiger partial charge in [-0.1, -0.05) is 12.1 Å². The monoisotopic (exact) mass is 530 g/mol. The lowest BCUT2D eigenvalue weighted by Gasteiger charge is -2.31. The zero-order valence-corrected chi connectivity index (χ0v) is 20.2. The molecule has 1 amide bonds. The molecule has 8 nitrogen and oxygen atoms in total. The molecular weight excluding hydrogens is 505 g/mol. The summed E-state index contributed by atoms with van der Waals surface area (Å²) in [5.74, 6) is 0.693. The summed E-state index contributed by atoms with van der Waals surface area (Å²) < 4.78 is 54.6. The number of ether oxygens (including phenoxy) is 3. The number of alkyl halides is 3. The van der Waals surface area contributed by atoms with Crippen LogP contribution in [0.3, 0.4) is 0 Å². The first-order valence-corrected chi connectivity index (χ1v) is 11.9.